The molecule has 0 unspecified atom stereocenters. The van der Waals surface area contributed by atoms with Gasteiger partial charge in [0.2, 0.25) is 0 Å². The van der Waals surface area contributed by atoms with Gasteiger partial charge in [0, 0.05) is 12.1 Å². The first-order chi connectivity index (χ1) is 8.65. The third-order valence-corrected chi connectivity index (χ3v) is 2.15. The van der Waals surface area contributed by atoms with Crippen molar-refractivity contribution in [1.82, 2.24) is 0 Å². The molecule has 2 aromatic rings. The van der Waals surface area contributed by atoms with E-state index < -0.39 is 4.92 Å². The molecule has 0 N–H and O–H groups in total. The molecule has 6 heteroatoms. The highest BCUT2D eigenvalue weighted by atomic mass is 19.1. The van der Waals surface area contributed by atoms with E-state index in [0.717, 1.165) is 0 Å². The SMILES string of the molecule is O=[N+]([O-])c1cccc(N=Nc2ccc(F)cc2)c1. The molecule has 0 saturated heterocycles. The van der Waals surface area contributed by atoms with E-state index in [1.54, 1.807) is 6.07 Å². The zero-order chi connectivity index (χ0) is 13.0. The number of hydrogen-bond acceptors (Lipinski definition) is 4. The van der Waals surface area contributed by atoms with E-state index in [9.17, 15) is 14.5 Å². The number of nitrogens with zero attached hydrogens (tertiary/aromatic N) is 3. The topological polar surface area (TPSA) is 67.9 Å². The average Bonchev–Trinajstić information content (AvgIpc) is 2.38. The van der Waals surface area contributed by atoms with Crippen LogP contribution in [0.15, 0.2) is 58.8 Å². The second kappa shape index (κ2) is 5.13. The standard InChI is InChI=1S/C12H8FN3O2/c13-9-4-6-10(7-5-9)14-15-11-2-1-3-12(8-11)16(17)18/h1-8H. The van der Waals surface area contributed by atoms with Crippen molar-refractivity contribution in [2.24, 2.45) is 10.2 Å². The number of halogens is 1. The molecule has 0 aliphatic rings. The molecule has 0 spiro atoms. The molecule has 0 atom stereocenters. The van der Waals surface area contributed by atoms with Crippen LogP contribution in [0.1, 0.15) is 0 Å². The molecule has 0 saturated carbocycles. The summed E-state index contributed by atoms with van der Waals surface area (Å²) in [7, 11) is 0. The zero-order valence-corrected chi connectivity index (χ0v) is 9.15. The van der Waals surface area contributed by atoms with Crippen LogP contribution in [-0.2, 0) is 0 Å². The summed E-state index contributed by atoms with van der Waals surface area (Å²) in [6, 6.07) is 11.3. The maximum absolute atomic E-state index is 12.6. The summed E-state index contributed by atoms with van der Waals surface area (Å²) < 4.78 is 12.6. The predicted molar refractivity (Wildman–Crippen MR) is 63.7 cm³/mol. The number of nitro groups is 1. The smallest absolute Gasteiger partial charge is 0.258 e. The largest absolute Gasteiger partial charge is 0.271 e. The molecule has 2 aromatic carbocycles. The summed E-state index contributed by atoms with van der Waals surface area (Å²) in [5.41, 5.74) is 0.794. The molecule has 0 heterocycles. The van der Waals surface area contributed by atoms with E-state index in [1.807, 2.05) is 0 Å². The zero-order valence-electron chi connectivity index (χ0n) is 9.15. The molecule has 0 radical (unpaired) electrons. The Morgan fingerprint density at radius 3 is 2.33 bits per heavy atom. The van der Waals surface area contributed by atoms with E-state index in [0.29, 0.717) is 11.4 Å². The minimum atomic E-state index is -0.503. The Hall–Kier alpha value is -2.63. The highest BCUT2D eigenvalue weighted by Crippen LogP contribution is 2.22. The number of hydrogen-bond donors (Lipinski definition) is 0. The maximum Gasteiger partial charge on any atom is 0.271 e. The van der Waals surface area contributed by atoms with Crippen LogP contribution in [-0.4, -0.2) is 4.92 Å². The molecular weight excluding hydrogens is 237 g/mol. The third-order valence-electron chi connectivity index (χ3n) is 2.15. The fourth-order valence-electron chi connectivity index (χ4n) is 1.29. The average molecular weight is 245 g/mol. The Kier molecular flexibility index (Phi) is 3.38. The quantitative estimate of drug-likeness (QED) is 0.463. The van der Waals surface area contributed by atoms with Gasteiger partial charge in [0.15, 0.2) is 0 Å². The maximum atomic E-state index is 12.6. The van der Waals surface area contributed by atoms with Gasteiger partial charge in [-0.2, -0.15) is 10.2 Å². The molecule has 90 valence electrons. The molecule has 18 heavy (non-hydrogen) atoms. The summed E-state index contributed by atoms with van der Waals surface area (Å²) in [4.78, 5) is 10.1. The fourth-order valence-corrected chi connectivity index (χ4v) is 1.29. The van der Waals surface area contributed by atoms with Gasteiger partial charge in [-0.1, -0.05) is 6.07 Å². The van der Waals surface area contributed by atoms with Crippen LogP contribution in [0.2, 0.25) is 0 Å². The number of benzene rings is 2. The number of rotatable bonds is 3. The van der Waals surface area contributed by atoms with Gasteiger partial charge in [0.05, 0.1) is 16.3 Å². The molecule has 0 aromatic heterocycles. The highest BCUT2D eigenvalue weighted by molar-refractivity contribution is 5.47. The number of azo groups is 1. The Morgan fingerprint density at radius 1 is 1.00 bits per heavy atom. The fraction of sp³-hybridized carbons (Fsp3) is 0. The summed E-state index contributed by atoms with van der Waals surface area (Å²) >= 11 is 0. The van der Waals surface area contributed by atoms with E-state index in [1.165, 1.54) is 42.5 Å². The predicted octanol–water partition coefficient (Wildman–Crippen LogP) is 4.15. The van der Waals surface area contributed by atoms with Gasteiger partial charge < -0.3 is 0 Å². The monoisotopic (exact) mass is 245 g/mol. The summed E-state index contributed by atoms with van der Waals surface area (Å²) in [5, 5.41) is 18.3. The van der Waals surface area contributed by atoms with E-state index in [4.69, 9.17) is 0 Å². The second-order valence-corrected chi connectivity index (χ2v) is 3.45. The van der Waals surface area contributed by atoms with Crippen molar-refractivity contribution >= 4 is 17.1 Å². The minimum Gasteiger partial charge on any atom is -0.258 e. The van der Waals surface area contributed by atoms with E-state index >= 15 is 0 Å². The van der Waals surface area contributed by atoms with Crippen LogP contribution < -0.4 is 0 Å². The normalized spacial score (nSPS) is 10.7. The van der Waals surface area contributed by atoms with E-state index in [-0.39, 0.29) is 11.5 Å². The lowest BCUT2D eigenvalue weighted by Crippen LogP contribution is -1.85. The van der Waals surface area contributed by atoms with Crippen molar-refractivity contribution < 1.29 is 9.31 Å². The van der Waals surface area contributed by atoms with Crippen LogP contribution in [0.4, 0.5) is 21.5 Å². The van der Waals surface area contributed by atoms with Gasteiger partial charge in [0.1, 0.15) is 5.82 Å². The van der Waals surface area contributed by atoms with Gasteiger partial charge in [-0.15, -0.1) is 0 Å². The Balaban J connectivity index is 2.20. The first-order valence-electron chi connectivity index (χ1n) is 5.07. The summed E-state index contributed by atoms with van der Waals surface area (Å²) in [5.74, 6) is -0.357. The third kappa shape index (κ3) is 2.94. The van der Waals surface area contributed by atoms with E-state index in [2.05, 4.69) is 10.2 Å². The van der Waals surface area contributed by atoms with Gasteiger partial charge in [0.25, 0.3) is 5.69 Å². The Morgan fingerprint density at radius 2 is 1.67 bits per heavy atom. The van der Waals surface area contributed by atoms with Gasteiger partial charge in [-0.3, -0.25) is 10.1 Å². The molecule has 0 fully saturated rings. The van der Waals surface area contributed by atoms with Crippen molar-refractivity contribution in [2.45, 2.75) is 0 Å². The van der Waals surface area contributed by atoms with Crippen molar-refractivity contribution in [3.63, 3.8) is 0 Å². The number of non-ortho nitro benzene ring substituents is 1. The molecular formula is C12H8FN3O2. The second-order valence-electron chi connectivity index (χ2n) is 3.45. The van der Waals surface area contributed by atoms with Gasteiger partial charge in [-0.25, -0.2) is 4.39 Å². The molecule has 5 nitrogen and oxygen atoms in total. The van der Waals surface area contributed by atoms with Gasteiger partial charge in [-0.05, 0) is 30.3 Å². The summed E-state index contributed by atoms with van der Waals surface area (Å²) in [6.07, 6.45) is 0. The van der Waals surface area contributed by atoms with Crippen molar-refractivity contribution in [3.05, 3.63) is 64.5 Å². The number of nitro benzene ring substituents is 1. The van der Waals surface area contributed by atoms with Crippen LogP contribution in [0.3, 0.4) is 0 Å². The lowest BCUT2D eigenvalue weighted by molar-refractivity contribution is -0.384. The van der Waals surface area contributed by atoms with Crippen molar-refractivity contribution in [3.8, 4) is 0 Å². The highest BCUT2D eigenvalue weighted by Gasteiger charge is 2.04. The van der Waals surface area contributed by atoms with Crippen LogP contribution in [0, 0.1) is 15.9 Å². The minimum absolute atomic E-state index is 0.0504. The first-order valence-corrected chi connectivity index (χ1v) is 5.07. The Labute approximate surface area is 102 Å². The van der Waals surface area contributed by atoms with Crippen molar-refractivity contribution in [1.29, 1.82) is 0 Å². The molecule has 2 rings (SSSR count). The van der Waals surface area contributed by atoms with Crippen molar-refractivity contribution in [2.75, 3.05) is 0 Å². The molecule has 0 aliphatic carbocycles. The first kappa shape index (κ1) is 11.8. The van der Waals surface area contributed by atoms with Crippen LogP contribution in [0.5, 0.6) is 0 Å². The molecule has 0 bridgehead atoms. The van der Waals surface area contributed by atoms with Crippen LogP contribution >= 0.6 is 0 Å². The van der Waals surface area contributed by atoms with Gasteiger partial charge >= 0.3 is 0 Å². The lowest BCUT2D eigenvalue weighted by atomic mass is 10.3. The van der Waals surface area contributed by atoms with Crippen LogP contribution in [0.25, 0.3) is 0 Å². The molecule has 0 aliphatic heterocycles. The lowest BCUT2D eigenvalue weighted by Gasteiger charge is -1.94. The molecule has 0 amide bonds. The summed E-state index contributed by atoms with van der Waals surface area (Å²) in [6.45, 7) is 0. The Bertz CT molecular complexity index is 597.